The van der Waals surface area contributed by atoms with E-state index < -0.39 is 0 Å². The number of guanidine groups is 1. The lowest BCUT2D eigenvalue weighted by Crippen LogP contribution is -2.53. The van der Waals surface area contributed by atoms with Crippen LogP contribution in [0.25, 0.3) is 0 Å². The standard InChI is InChI=1S/C18H28N8O.HI/c1-13-15(14(2)24(5)22-13)12-21-18(19-3)26-10-8-25(9-11-26)16-17(27)23(4)7-6-20-16;/h6-7H,8-12H2,1-5H3,(H,19,21);1H. The monoisotopic (exact) mass is 500 g/mol. The molecule has 1 aliphatic heterocycles. The van der Waals surface area contributed by atoms with Crippen molar-refractivity contribution in [3.8, 4) is 0 Å². The predicted molar refractivity (Wildman–Crippen MR) is 122 cm³/mol. The van der Waals surface area contributed by atoms with E-state index in [0.717, 1.165) is 43.5 Å². The van der Waals surface area contributed by atoms with Crippen LogP contribution in [0, 0.1) is 13.8 Å². The van der Waals surface area contributed by atoms with Crippen LogP contribution in [-0.4, -0.2) is 63.4 Å². The number of aliphatic imine (C=N–C) groups is 1. The van der Waals surface area contributed by atoms with Gasteiger partial charge in [0, 0.05) is 77.5 Å². The molecular weight excluding hydrogens is 471 g/mol. The Bertz CT molecular complexity index is 895. The van der Waals surface area contributed by atoms with Crippen molar-refractivity contribution in [2.75, 3.05) is 38.1 Å². The van der Waals surface area contributed by atoms with Crippen molar-refractivity contribution in [1.82, 2.24) is 29.5 Å². The van der Waals surface area contributed by atoms with Crippen molar-refractivity contribution in [2.24, 2.45) is 19.1 Å². The molecule has 0 aromatic carbocycles. The highest BCUT2D eigenvalue weighted by Crippen LogP contribution is 2.12. The van der Waals surface area contributed by atoms with E-state index in [-0.39, 0.29) is 29.5 Å². The summed E-state index contributed by atoms with van der Waals surface area (Å²) in [6, 6.07) is 0. The number of hydrogen-bond donors (Lipinski definition) is 1. The molecule has 0 radical (unpaired) electrons. The molecule has 2 aromatic heterocycles. The van der Waals surface area contributed by atoms with Gasteiger partial charge in [0.2, 0.25) is 0 Å². The first-order chi connectivity index (χ1) is 12.9. The second-order valence-corrected chi connectivity index (χ2v) is 6.81. The van der Waals surface area contributed by atoms with Gasteiger partial charge in [-0.3, -0.25) is 14.5 Å². The van der Waals surface area contributed by atoms with Crippen molar-refractivity contribution >= 4 is 35.8 Å². The lowest BCUT2D eigenvalue weighted by molar-refractivity contribution is 0.370. The first-order valence-electron chi connectivity index (χ1n) is 9.13. The molecule has 0 bridgehead atoms. The Hall–Kier alpha value is -2.11. The van der Waals surface area contributed by atoms with Crippen LogP contribution in [0.1, 0.15) is 17.0 Å². The molecular formula is C18H29IN8O. The molecule has 1 aliphatic rings. The number of nitrogens with zero attached hydrogens (tertiary/aromatic N) is 7. The summed E-state index contributed by atoms with van der Waals surface area (Å²) in [5.41, 5.74) is 3.34. The smallest absolute Gasteiger partial charge is 0.293 e. The normalized spacial score (nSPS) is 14.8. The Morgan fingerprint density at radius 3 is 2.46 bits per heavy atom. The van der Waals surface area contributed by atoms with E-state index in [1.165, 1.54) is 5.56 Å². The zero-order valence-electron chi connectivity index (χ0n) is 17.1. The molecule has 1 saturated heterocycles. The molecule has 1 fully saturated rings. The van der Waals surface area contributed by atoms with E-state index >= 15 is 0 Å². The number of anilines is 1. The summed E-state index contributed by atoms with van der Waals surface area (Å²) in [5, 5.41) is 7.91. The lowest BCUT2D eigenvalue weighted by Gasteiger charge is -2.36. The molecule has 9 nitrogen and oxygen atoms in total. The number of aryl methyl sites for hydroxylation is 3. The van der Waals surface area contributed by atoms with Gasteiger partial charge >= 0.3 is 0 Å². The number of nitrogens with one attached hydrogen (secondary N) is 1. The second kappa shape index (κ2) is 9.39. The molecule has 0 amide bonds. The van der Waals surface area contributed by atoms with Crippen LogP contribution in [0.15, 0.2) is 22.2 Å². The SMILES string of the molecule is CN=C(NCc1c(C)nn(C)c1C)N1CCN(c2nccn(C)c2=O)CC1.I. The van der Waals surface area contributed by atoms with Crippen molar-refractivity contribution in [3.63, 3.8) is 0 Å². The second-order valence-electron chi connectivity index (χ2n) is 6.81. The molecule has 1 N–H and O–H groups in total. The molecule has 10 heteroatoms. The van der Waals surface area contributed by atoms with Gasteiger partial charge in [-0.2, -0.15) is 5.10 Å². The average molecular weight is 500 g/mol. The van der Waals surface area contributed by atoms with Crippen LogP contribution < -0.4 is 15.8 Å². The summed E-state index contributed by atoms with van der Waals surface area (Å²) in [4.78, 5) is 25.2. The van der Waals surface area contributed by atoms with Gasteiger partial charge in [0.25, 0.3) is 5.56 Å². The highest BCUT2D eigenvalue weighted by molar-refractivity contribution is 14.0. The van der Waals surface area contributed by atoms with E-state index in [0.29, 0.717) is 12.4 Å². The van der Waals surface area contributed by atoms with Gasteiger partial charge < -0.3 is 19.7 Å². The zero-order chi connectivity index (χ0) is 19.6. The Morgan fingerprint density at radius 2 is 1.89 bits per heavy atom. The summed E-state index contributed by atoms with van der Waals surface area (Å²) in [5.74, 6) is 1.38. The molecule has 0 aliphatic carbocycles. The summed E-state index contributed by atoms with van der Waals surface area (Å²) in [6.45, 7) is 7.83. The fourth-order valence-electron chi connectivity index (χ4n) is 3.40. The van der Waals surface area contributed by atoms with Crippen LogP contribution in [0.5, 0.6) is 0 Å². The van der Waals surface area contributed by atoms with E-state index in [1.807, 2.05) is 23.6 Å². The molecule has 2 aromatic rings. The first kappa shape index (κ1) is 22.2. The molecule has 0 unspecified atom stereocenters. The fraction of sp³-hybridized carbons (Fsp3) is 0.556. The third kappa shape index (κ3) is 4.47. The topological polar surface area (TPSA) is 83.6 Å². The van der Waals surface area contributed by atoms with Crippen molar-refractivity contribution in [3.05, 3.63) is 39.7 Å². The quantitative estimate of drug-likeness (QED) is 0.379. The summed E-state index contributed by atoms with van der Waals surface area (Å²) >= 11 is 0. The summed E-state index contributed by atoms with van der Waals surface area (Å²) in [7, 11) is 5.51. The highest BCUT2D eigenvalue weighted by atomic mass is 127. The van der Waals surface area contributed by atoms with E-state index in [4.69, 9.17) is 0 Å². The summed E-state index contributed by atoms with van der Waals surface area (Å²) < 4.78 is 3.47. The minimum absolute atomic E-state index is 0. The first-order valence-corrected chi connectivity index (χ1v) is 9.13. The van der Waals surface area contributed by atoms with Gasteiger partial charge in [-0.1, -0.05) is 0 Å². The van der Waals surface area contributed by atoms with Gasteiger partial charge in [0.05, 0.1) is 5.69 Å². The Kier molecular flexibility index (Phi) is 7.44. The number of rotatable bonds is 3. The van der Waals surface area contributed by atoms with Crippen LogP contribution in [0.4, 0.5) is 5.82 Å². The maximum atomic E-state index is 12.3. The third-order valence-corrected chi connectivity index (χ3v) is 5.17. The minimum Gasteiger partial charge on any atom is -0.352 e. The van der Waals surface area contributed by atoms with Crippen molar-refractivity contribution in [2.45, 2.75) is 20.4 Å². The molecule has 3 heterocycles. The van der Waals surface area contributed by atoms with Crippen LogP contribution in [0.3, 0.4) is 0 Å². The average Bonchev–Trinajstić information content (AvgIpc) is 2.91. The Morgan fingerprint density at radius 1 is 1.21 bits per heavy atom. The molecule has 3 rings (SSSR count). The minimum atomic E-state index is -0.0593. The van der Waals surface area contributed by atoms with Gasteiger partial charge in [0.1, 0.15) is 0 Å². The molecule has 0 saturated carbocycles. The molecule has 0 atom stereocenters. The Balaban J connectivity index is 0.00000280. The van der Waals surface area contributed by atoms with Gasteiger partial charge in [-0.25, -0.2) is 4.98 Å². The highest BCUT2D eigenvalue weighted by Gasteiger charge is 2.22. The van der Waals surface area contributed by atoms with Crippen molar-refractivity contribution < 1.29 is 0 Å². The largest absolute Gasteiger partial charge is 0.352 e. The van der Waals surface area contributed by atoms with Crippen molar-refractivity contribution in [1.29, 1.82) is 0 Å². The third-order valence-electron chi connectivity index (χ3n) is 5.17. The van der Waals surface area contributed by atoms with Crippen LogP contribution >= 0.6 is 24.0 Å². The predicted octanol–water partition coefficient (Wildman–Crippen LogP) is 0.646. The van der Waals surface area contributed by atoms with E-state index in [9.17, 15) is 4.79 Å². The summed E-state index contributed by atoms with van der Waals surface area (Å²) in [6.07, 6.45) is 3.35. The van der Waals surface area contributed by atoms with Gasteiger partial charge in [-0.05, 0) is 13.8 Å². The number of hydrogen-bond acceptors (Lipinski definition) is 5. The van der Waals surface area contributed by atoms with Crippen LogP contribution in [0.2, 0.25) is 0 Å². The lowest BCUT2D eigenvalue weighted by atomic mass is 10.2. The fourth-order valence-corrected chi connectivity index (χ4v) is 3.40. The van der Waals surface area contributed by atoms with E-state index in [1.54, 1.807) is 31.1 Å². The molecule has 0 spiro atoms. The zero-order valence-corrected chi connectivity index (χ0v) is 19.5. The molecule has 28 heavy (non-hydrogen) atoms. The number of halogens is 1. The number of aromatic nitrogens is 4. The Labute approximate surface area is 182 Å². The maximum Gasteiger partial charge on any atom is 0.293 e. The maximum absolute atomic E-state index is 12.3. The molecule has 154 valence electrons. The number of piperazine rings is 1. The van der Waals surface area contributed by atoms with Crippen LogP contribution in [-0.2, 0) is 20.6 Å². The van der Waals surface area contributed by atoms with Gasteiger partial charge in [0.15, 0.2) is 11.8 Å². The van der Waals surface area contributed by atoms with Gasteiger partial charge in [-0.15, -0.1) is 24.0 Å². The van der Waals surface area contributed by atoms with E-state index in [2.05, 4.69) is 32.2 Å².